The van der Waals surface area contributed by atoms with Gasteiger partial charge in [0.1, 0.15) is 0 Å². The van der Waals surface area contributed by atoms with E-state index in [1.54, 1.807) is 11.3 Å². The highest BCUT2D eigenvalue weighted by Gasteiger charge is 2.28. The Morgan fingerprint density at radius 1 is 1.38 bits per heavy atom. The fraction of sp³-hybridized carbons (Fsp3) is 0.588. The number of carbonyl (C=O) groups is 1. The first-order chi connectivity index (χ1) is 12.7. The summed E-state index contributed by atoms with van der Waals surface area (Å²) in [4.78, 5) is 25.2. The van der Waals surface area contributed by atoms with Gasteiger partial charge in [0.2, 0.25) is 5.91 Å². The van der Waals surface area contributed by atoms with Gasteiger partial charge < -0.3 is 20.7 Å². The van der Waals surface area contributed by atoms with Crippen LogP contribution < -0.4 is 16.0 Å². The molecule has 140 valence electrons. The molecule has 1 aliphatic heterocycles. The second kappa shape index (κ2) is 7.89. The van der Waals surface area contributed by atoms with Gasteiger partial charge in [-0.25, -0.2) is 9.97 Å². The molecule has 0 spiro atoms. The summed E-state index contributed by atoms with van der Waals surface area (Å²) in [5.74, 6) is 0.141. The van der Waals surface area contributed by atoms with Crippen molar-refractivity contribution >= 4 is 38.8 Å². The van der Waals surface area contributed by atoms with Gasteiger partial charge in [0.15, 0.2) is 10.3 Å². The number of thiazole rings is 2. The number of nitrogens with two attached hydrogens (primary N) is 1. The summed E-state index contributed by atoms with van der Waals surface area (Å²) in [5.41, 5.74) is 7.68. The van der Waals surface area contributed by atoms with Crippen molar-refractivity contribution in [2.24, 2.45) is 5.92 Å². The van der Waals surface area contributed by atoms with E-state index in [1.807, 2.05) is 5.38 Å². The standard InChI is InChI=1S/C17H23N5O2S2/c18-16-20-12(10-25-16)3-4-19-15(23)11-1-2-14-13(9-11)21-17(26-14)22-5-7-24-8-6-22/h10-11H,1-9H2,(H2,18,20)(H,19,23). The number of nitrogen functional groups attached to an aromatic ring is 1. The zero-order valence-electron chi connectivity index (χ0n) is 14.6. The molecular weight excluding hydrogens is 370 g/mol. The molecule has 7 nitrogen and oxygen atoms in total. The van der Waals surface area contributed by atoms with E-state index in [0.717, 1.165) is 68.5 Å². The summed E-state index contributed by atoms with van der Waals surface area (Å²) < 4.78 is 5.41. The molecule has 2 aliphatic rings. The lowest BCUT2D eigenvalue weighted by molar-refractivity contribution is -0.125. The van der Waals surface area contributed by atoms with Crippen LogP contribution in [0.2, 0.25) is 0 Å². The highest BCUT2D eigenvalue weighted by molar-refractivity contribution is 7.15. The maximum Gasteiger partial charge on any atom is 0.223 e. The van der Waals surface area contributed by atoms with E-state index in [-0.39, 0.29) is 11.8 Å². The molecule has 1 amide bonds. The summed E-state index contributed by atoms with van der Waals surface area (Å²) in [5, 5.41) is 6.64. The summed E-state index contributed by atoms with van der Waals surface area (Å²) in [6.45, 7) is 3.93. The normalized spacial score (nSPS) is 20.0. The van der Waals surface area contributed by atoms with E-state index < -0.39 is 0 Å². The minimum atomic E-state index is 0.0163. The zero-order valence-corrected chi connectivity index (χ0v) is 16.2. The Bertz CT molecular complexity index is 769. The van der Waals surface area contributed by atoms with Crippen LogP contribution in [0.25, 0.3) is 0 Å². The lowest BCUT2D eigenvalue weighted by atomic mass is 9.90. The number of anilines is 2. The molecule has 9 heteroatoms. The van der Waals surface area contributed by atoms with E-state index in [1.165, 1.54) is 16.2 Å². The predicted molar refractivity (Wildman–Crippen MR) is 104 cm³/mol. The highest BCUT2D eigenvalue weighted by Crippen LogP contribution is 2.34. The number of nitrogens with zero attached hydrogens (tertiary/aromatic N) is 3. The topological polar surface area (TPSA) is 93.4 Å². The molecule has 3 N–H and O–H groups in total. The van der Waals surface area contributed by atoms with Crippen LogP contribution in [0, 0.1) is 5.92 Å². The Morgan fingerprint density at radius 3 is 3.00 bits per heavy atom. The monoisotopic (exact) mass is 393 g/mol. The molecule has 4 rings (SSSR count). The van der Waals surface area contributed by atoms with Gasteiger partial charge in [0, 0.05) is 48.7 Å². The number of hydrogen-bond donors (Lipinski definition) is 2. The van der Waals surface area contributed by atoms with Gasteiger partial charge in [-0.3, -0.25) is 4.79 Å². The van der Waals surface area contributed by atoms with Gasteiger partial charge in [-0.1, -0.05) is 0 Å². The fourth-order valence-electron chi connectivity index (χ4n) is 3.37. The third kappa shape index (κ3) is 3.99. The summed E-state index contributed by atoms with van der Waals surface area (Å²) in [6.07, 6.45) is 3.30. The largest absolute Gasteiger partial charge is 0.378 e. The van der Waals surface area contributed by atoms with E-state index in [4.69, 9.17) is 15.5 Å². The molecule has 1 saturated heterocycles. The quantitative estimate of drug-likeness (QED) is 0.799. The van der Waals surface area contributed by atoms with Crippen molar-refractivity contribution < 1.29 is 9.53 Å². The Hall–Kier alpha value is -1.71. The van der Waals surface area contributed by atoms with Crippen molar-refractivity contribution in [3.8, 4) is 0 Å². The van der Waals surface area contributed by atoms with Crippen LogP contribution in [0.1, 0.15) is 22.7 Å². The highest BCUT2D eigenvalue weighted by atomic mass is 32.1. The van der Waals surface area contributed by atoms with Gasteiger partial charge in [-0.15, -0.1) is 22.7 Å². The first kappa shape index (κ1) is 17.7. The van der Waals surface area contributed by atoms with Crippen molar-refractivity contribution in [2.45, 2.75) is 25.7 Å². The van der Waals surface area contributed by atoms with Crippen molar-refractivity contribution in [3.05, 3.63) is 21.6 Å². The maximum absolute atomic E-state index is 12.5. The molecule has 0 saturated carbocycles. The number of aryl methyl sites for hydroxylation is 1. The number of hydrogen-bond acceptors (Lipinski definition) is 8. The Kier molecular flexibility index (Phi) is 5.37. The first-order valence-corrected chi connectivity index (χ1v) is 10.7. The molecule has 3 heterocycles. The lowest BCUT2D eigenvalue weighted by Crippen LogP contribution is -2.36. The van der Waals surface area contributed by atoms with Crippen LogP contribution in [-0.2, 0) is 28.8 Å². The van der Waals surface area contributed by atoms with Crippen molar-refractivity contribution in [1.29, 1.82) is 0 Å². The number of amides is 1. The minimum Gasteiger partial charge on any atom is -0.378 e. The van der Waals surface area contributed by atoms with Gasteiger partial charge in [-0.2, -0.15) is 0 Å². The number of carbonyl (C=O) groups excluding carboxylic acids is 1. The van der Waals surface area contributed by atoms with Crippen LogP contribution in [0.5, 0.6) is 0 Å². The van der Waals surface area contributed by atoms with Gasteiger partial charge >= 0.3 is 0 Å². The lowest BCUT2D eigenvalue weighted by Gasteiger charge is -2.26. The van der Waals surface area contributed by atoms with Crippen LogP contribution in [0.4, 0.5) is 10.3 Å². The number of rotatable bonds is 5. The number of aromatic nitrogens is 2. The van der Waals surface area contributed by atoms with Gasteiger partial charge in [0.05, 0.1) is 24.6 Å². The first-order valence-electron chi connectivity index (χ1n) is 8.98. The summed E-state index contributed by atoms with van der Waals surface area (Å²) in [7, 11) is 0. The van der Waals surface area contributed by atoms with Crippen LogP contribution in [0.15, 0.2) is 5.38 Å². The van der Waals surface area contributed by atoms with Crippen LogP contribution >= 0.6 is 22.7 Å². The Labute approximate surface area is 160 Å². The smallest absolute Gasteiger partial charge is 0.223 e. The average molecular weight is 394 g/mol. The van der Waals surface area contributed by atoms with Gasteiger partial charge in [0.25, 0.3) is 0 Å². The molecule has 1 unspecified atom stereocenters. The van der Waals surface area contributed by atoms with Crippen LogP contribution in [0.3, 0.4) is 0 Å². The number of nitrogens with one attached hydrogen (secondary N) is 1. The molecule has 1 aliphatic carbocycles. The molecule has 1 fully saturated rings. The molecule has 26 heavy (non-hydrogen) atoms. The Balaban J connectivity index is 1.31. The molecule has 0 aromatic carbocycles. The average Bonchev–Trinajstić information content (AvgIpc) is 3.27. The molecule has 0 radical (unpaired) electrons. The molecule has 2 aromatic rings. The Morgan fingerprint density at radius 2 is 2.23 bits per heavy atom. The van der Waals surface area contributed by atoms with E-state index >= 15 is 0 Å². The summed E-state index contributed by atoms with van der Waals surface area (Å²) >= 11 is 3.21. The number of ether oxygens (including phenoxy) is 1. The van der Waals surface area contributed by atoms with E-state index in [2.05, 4.69) is 15.2 Å². The molecule has 0 bridgehead atoms. The van der Waals surface area contributed by atoms with Crippen LogP contribution in [-0.4, -0.2) is 48.7 Å². The number of fused-ring (bicyclic) bond motifs is 1. The second-order valence-electron chi connectivity index (χ2n) is 6.62. The summed E-state index contributed by atoms with van der Waals surface area (Å²) in [6, 6.07) is 0. The number of morpholine rings is 1. The van der Waals surface area contributed by atoms with E-state index in [9.17, 15) is 4.79 Å². The third-order valence-electron chi connectivity index (χ3n) is 4.83. The molecule has 1 atom stereocenters. The van der Waals surface area contributed by atoms with E-state index in [0.29, 0.717) is 11.7 Å². The van der Waals surface area contributed by atoms with Crippen molar-refractivity contribution in [2.75, 3.05) is 43.5 Å². The minimum absolute atomic E-state index is 0.0163. The molecular formula is C17H23N5O2S2. The fourth-order valence-corrected chi connectivity index (χ4v) is 5.13. The third-order valence-corrected chi connectivity index (χ3v) is 6.77. The zero-order chi connectivity index (χ0) is 17.9. The second-order valence-corrected chi connectivity index (χ2v) is 8.58. The molecule has 2 aromatic heterocycles. The SMILES string of the molecule is Nc1nc(CCNC(=O)C2CCc3sc(N4CCOCC4)nc3C2)cs1. The van der Waals surface area contributed by atoms with Crippen molar-refractivity contribution in [1.82, 2.24) is 15.3 Å². The van der Waals surface area contributed by atoms with Gasteiger partial charge in [-0.05, 0) is 12.8 Å². The maximum atomic E-state index is 12.5. The van der Waals surface area contributed by atoms with Crippen molar-refractivity contribution in [3.63, 3.8) is 0 Å². The predicted octanol–water partition coefficient (Wildman–Crippen LogP) is 1.48.